The molecule has 0 unspecified atom stereocenters. The summed E-state index contributed by atoms with van der Waals surface area (Å²) in [4.78, 5) is 27.7. The van der Waals surface area contributed by atoms with Crippen molar-refractivity contribution in [2.75, 3.05) is 6.54 Å². The van der Waals surface area contributed by atoms with E-state index >= 15 is 0 Å². The summed E-state index contributed by atoms with van der Waals surface area (Å²) in [6.07, 6.45) is 4.39. The smallest absolute Gasteiger partial charge is 0.195 e. The monoisotopic (exact) mass is 388 g/mol. The van der Waals surface area contributed by atoms with E-state index in [9.17, 15) is 9.18 Å². The van der Waals surface area contributed by atoms with Gasteiger partial charge in [-0.3, -0.25) is 9.79 Å². The van der Waals surface area contributed by atoms with Crippen LogP contribution in [-0.2, 0) is 6.61 Å². The molecule has 2 aromatic heterocycles. The summed E-state index contributed by atoms with van der Waals surface area (Å²) in [6.45, 7) is 0.799. The highest BCUT2D eigenvalue weighted by atomic mass is 19.1. The largest absolute Gasteiger partial charge is 0.483 e. The van der Waals surface area contributed by atoms with Crippen molar-refractivity contribution in [1.29, 1.82) is 0 Å². The molecule has 3 heterocycles. The molecule has 0 bridgehead atoms. The van der Waals surface area contributed by atoms with Gasteiger partial charge in [-0.2, -0.15) is 0 Å². The molecule has 29 heavy (non-hydrogen) atoms. The fourth-order valence-corrected chi connectivity index (χ4v) is 3.47. The van der Waals surface area contributed by atoms with Gasteiger partial charge in [-0.05, 0) is 36.8 Å². The number of halogens is 1. The predicted molar refractivity (Wildman–Crippen MR) is 106 cm³/mol. The molecule has 2 N–H and O–H groups in total. The molecular formula is C22H17FN4O2. The molecular weight excluding hydrogens is 371 g/mol. The summed E-state index contributed by atoms with van der Waals surface area (Å²) in [5.41, 5.74) is 3.18. The normalized spacial score (nSPS) is 12.9. The number of rotatable bonds is 5. The highest BCUT2D eigenvalue weighted by Crippen LogP contribution is 2.21. The van der Waals surface area contributed by atoms with Crippen LogP contribution in [0.2, 0.25) is 0 Å². The van der Waals surface area contributed by atoms with E-state index in [0.717, 1.165) is 22.7 Å². The molecule has 0 fully saturated rings. The summed E-state index contributed by atoms with van der Waals surface area (Å²) < 4.78 is 20.1. The first-order valence-electron chi connectivity index (χ1n) is 9.32. The molecule has 6 nitrogen and oxygen atoms in total. The highest BCUT2D eigenvalue weighted by molar-refractivity contribution is 6.09. The van der Waals surface area contributed by atoms with E-state index in [4.69, 9.17) is 4.74 Å². The first-order valence-corrected chi connectivity index (χ1v) is 9.32. The second-order valence-electron chi connectivity index (χ2n) is 6.80. The van der Waals surface area contributed by atoms with Crippen molar-refractivity contribution >= 4 is 22.9 Å². The van der Waals surface area contributed by atoms with E-state index in [-0.39, 0.29) is 23.7 Å². The fraction of sp³-hybridized carbons (Fsp3) is 0.136. The van der Waals surface area contributed by atoms with E-state index in [0.29, 0.717) is 23.4 Å². The molecule has 0 spiro atoms. The molecule has 7 heteroatoms. The first-order chi connectivity index (χ1) is 14.2. The molecule has 0 saturated carbocycles. The zero-order valence-electron chi connectivity index (χ0n) is 15.4. The van der Waals surface area contributed by atoms with E-state index in [1.165, 1.54) is 12.1 Å². The molecule has 0 saturated heterocycles. The lowest BCUT2D eigenvalue weighted by molar-refractivity contribution is 0.103. The van der Waals surface area contributed by atoms with Crippen LogP contribution in [0.25, 0.3) is 17.1 Å². The predicted octanol–water partition coefficient (Wildman–Crippen LogP) is 2.64. The van der Waals surface area contributed by atoms with Crippen molar-refractivity contribution in [3.63, 3.8) is 0 Å². The van der Waals surface area contributed by atoms with Crippen LogP contribution in [0.15, 0.2) is 53.7 Å². The number of aromatic amines is 2. The second-order valence-corrected chi connectivity index (χ2v) is 6.80. The lowest BCUT2D eigenvalue weighted by Gasteiger charge is -2.07. The van der Waals surface area contributed by atoms with E-state index < -0.39 is 5.82 Å². The van der Waals surface area contributed by atoms with Crippen LogP contribution < -0.4 is 15.4 Å². The molecule has 4 aromatic rings. The van der Waals surface area contributed by atoms with Gasteiger partial charge in [0, 0.05) is 29.1 Å². The number of nitrogens with one attached hydrogen (secondary N) is 2. The maximum Gasteiger partial charge on any atom is 0.195 e. The number of benzene rings is 2. The van der Waals surface area contributed by atoms with Gasteiger partial charge in [-0.15, -0.1) is 0 Å². The molecule has 144 valence electrons. The Morgan fingerprint density at radius 2 is 2.10 bits per heavy atom. The number of carbonyl (C=O) groups excluding carboxylic acids is 1. The van der Waals surface area contributed by atoms with E-state index in [1.807, 2.05) is 30.3 Å². The average Bonchev–Trinajstić information content (AvgIpc) is 3.36. The van der Waals surface area contributed by atoms with Gasteiger partial charge in [0.1, 0.15) is 17.9 Å². The number of hydrogen-bond acceptors (Lipinski definition) is 4. The Balaban J connectivity index is 1.36. The van der Waals surface area contributed by atoms with Gasteiger partial charge in [0.15, 0.2) is 17.3 Å². The number of nitrogens with zero attached hydrogens (tertiary/aromatic N) is 2. The van der Waals surface area contributed by atoms with Crippen LogP contribution in [0.5, 0.6) is 5.75 Å². The van der Waals surface area contributed by atoms with Crippen molar-refractivity contribution in [2.24, 2.45) is 4.99 Å². The van der Waals surface area contributed by atoms with Gasteiger partial charge in [0.25, 0.3) is 0 Å². The number of hydrogen-bond donors (Lipinski definition) is 2. The highest BCUT2D eigenvalue weighted by Gasteiger charge is 2.16. The Morgan fingerprint density at radius 1 is 1.21 bits per heavy atom. The van der Waals surface area contributed by atoms with E-state index in [1.54, 1.807) is 12.3 Å². The summed E-state index contributed by atoms with van der Waals surface area (Å²) in [7, 11) is 0. The van der Waals surface area contributed by atoms with Crippen LogP contribution in [-0.4, -0.2) is 27.3 Å². The number of carbonyl (C=O) groups is 1. The van der Waals surface area contributed by atoms with Gasteiger partial charge in [-0.1, -0.05) is 18.2 Å². The summed E-state index contributed by atoms with van der Waals surface area (Å²) >= 11 is 0. The Bertz CT molecular complexity index is 1320. The SMILES string of the molecule is O=C(c1ccc(OCc2nc3ccccc3[nH]2)c(F)c1)c1c[nH]c2c1=CCCN=2. The van der Waals surface area contributed by atoms with Crippen molar-refractivity contribution in [3.8, 4) is 5.75 Å². The number of fused-ring (bicyclic) bond motifs is 2. The summed E-state index contributed by atoms with van der Waals surface area (Å²) in [6, 6.07) is 11.9. The maximum absolute atomic E-state index is 14.6. The minimum Gasteiger partial charge on any atom is -0.483 e. The fourth-order valence-electron chi connectivity index (χ4n) is 3.47. The Hall–Kier alpha value is -3.74. The number of imidazole rings is 1. The number of ether oxygens (including phenoxy) is 1. The molecule has 0 atom stereocenters. The van der Waals surface area contributed by atoms with Gasteiger partial charge < -0.3 is 14.7 Å². The van der Waals surface area contributed by atoms with Gasteiger partial charge >= 0.3 is 0 Å². The van der Waals surface area contributed by atoms with Crippen molar-refractivity contribution in [3.05, 3.63) is 82.1 Å². The molecule has 2 aromatic carbocycles. The minimum absolute atomic E-state index is 0.0691. The Labute approximate surface area is 164 Å². The zero-order valence-corrected chi connectivity index (χ0v) is 15.4. The Kier molecular flexibility index (Phi) is 4.20. The third-order valence-corrected chi connectivity index (χ3v) is 4.89. The third kappa shape index (κ3) is 3.20. The molecule has 1 aliphatic heterocycles. The lowest BCUT2D eigenvalue weighted by Crippen LogP contribution is -2.30. The first kappa shape index (κ1) is 17.4. The summed E-state index contributed by atoms with van der Waals surface area (Å²) in [5, 5.41) is 0.784. The van der Waals surface area contributed by atoms with Crippen LogP contribution in [0.3, 0.4) is 0 Å². The number of para-hydroxylation sites is 2. The van der Waals surface area contributed by atoms with Crippen LogP contribution >= 0.6 is 0 Å². The van der Waals surface area contributed by atoms with Gasteiger partial charge in [-0.25, -0.2) is 9.37 Å². The maximum atomic E-state index is 14.6. The topological polar surface area (TPSA) is 83.1 Å². The molecule has 5 rings (SSSR count). The minimum atomic E-state index is -0.593. The lowest BCUT2D eigenvalue weighted by atomic mass is 10.0. The van der Waals surface area contributed by atoms with E-state index in [2.05, 4.69) is 19.9 Å². The number of ketones is 1. The standard InChI is InChI=1S/C22H17FN4O2/c23-16-10-13(21(28)15-11-25-22-14(15)4-3-9-24-22)7-8-19(16)29-12-20-26-17-5-1-2-6-18(17)27-20/h1-2,4-8,10-11H,3,9,12H2,(H,24,25)(H,26,27). The van der Waals surface area contributed by atoms with Crippen molar-refractivity contribution in [2.45, 2.75) is 13.0 Å². The quantitative estimate of drug-likeness (QED) is 0.516. The molecule has 0 aliphatic carbocycles. The van der Waals surface area contributed by atoms with Crippen molar-refractivity contribution < 1.29 is 13.9 Å². The van der Waals surface area contributed by atoms with Crippen LogP contribution in [0.4, 0.5) is 4.39 Å². The van der Waals surface area contributed by atoms with Crippen LogP contribution in [0, 0.1) is 5.82 Å². The van der Waals surface area contributed by atoms with Gasteiger partial charge in [0.05, 0.1) is 11.0 Å². The molecule has 0 radical (unpaired) electrons. The number of H-pyrrole nitrogens is 2. The average molecular weight is 388 g/mol. The Morgan fingerprint density at radius 3 is 2.97 bits per heavy atom. The second kappa shape index (κ2) is 7.01. The molecule has 1 aliphatic rings. The summed E-state index contributed by atoms with van der Waals surface area (Å²) in [5.74, 6) is -0.174. The van der Waals surface area contributed by atoms with Crippen molar-refractivity contribution in [1.82, 2.24) is 15.0 Å². The third-order valence-electron chi connectivity index (χ3n) is 4.89. The van der Waals surface area contributed by atoms with Gasteiger partial charge in [0.2, 0.25) is 0 Å². The molecule has 0 amide bonds. The zero-order chi connectivity index (χ0) is 19.8. The van der Waals surface area contributed by atoms with Crippen LogP contribution in [0.1, 0.15) is 28.2 Å². The number of aromatic nitrogens is 3.